The maximum atomic E-state index is 13.8. The summed E-state index contributed by atoms with van der Waals surface area (Å²) < 4.78 is 40.3. The third-order valence-electron chi connectivity index (χ3n) is 4.92. The number of hydrogen-bond donors (Lipinski definition) is 2. The third-order valence-corrected chi connectivity index (χ3v) is 6.85. The summed E-state index contributed by atoms with van der Waals surface area (Å²) in [4.78, 5) is 12.1. The number of amides is 1. The molecule has 25 heavy (non-hydrogen) atoms. The number of nitrogens with zero attached hydrogens (tertiary/aromatic N) is 1. The molecule has 2 aliphatic heterocycles. The maximum absolute atomic E-state index is 13.8. The first kappa shape index (κ1) is 18.3. The molecule has 1 aromatic rings. The van der Waals surface area contributed by atoms with E-state index in [-0.39, 0.29) is 35.9 Å². The van der Waals surface area contributed by atoms with Crippen LogP contribution in [0.2, 0.25) is 0 Å². The molecule has 3 rings (SSSR count). The average molecular weight is 369 g/mol. The molecule has 1 atom stereocenters. The van der Waals surface area contributed by atoms with E-state index in [1.807, 2.05) is 0 Å². The van der Waals surface area contributed by atoms with Crippen molar-refractivity contribution in [3.8, 4) is 0 Å². The molecule has 0 bridgehead atoms. The van der Waals surface area contributed by atoms with E-state index in [0.29, 0.717) is 12.8 Å². The summed E-state index contributed by atoms with van der Waals surface area (Å²) >= 11 is 0. The number of carbonyl (C=O) groups excluding carboxylic acids is 1. The number of piperidine rings is 2. The van der Waals surface area contributed by atoms with Gasteiger partial charge in [0.2, 0.25) is 15.9 Å². The van der Waals surface area contributed by atoms with Gasteiger partial charge in [-0.05, 0) is 44.4 Å². The molecule has 2 saturated heterocycles. The van der Waals surface area contributed by atoms with E-state index < -0.39 is 15.8 Å². The van der Waals surface area contributed by atoms with Gasteiger partial charge in [0.15, 0.2) is 0 Å². The number of sulfonamides is 1. The van der Waals surface area contributed by atoms with Gasteiger partial charge in [-0.15, -0.1) is 0 Å². The van der Waals surface area contributed by atoms with E-state index in [4.69, 9.17) is 0 Å². The number of hydrogen-bond acceptors (Lipinski definition) is 4. The van der Waals surface area contributed by atoms with Crippen molar-refractivity contribution in [2.45, 2.75) is 36.6 Å². The van der Waals surface area contributed by atoms with Crippen molar-refractivity contribution in [1.82, 2.24) is 14.9 Å². The largest absolute Gasteiger partial charge is 0.352 e. The van der Waals surface area contributed by atoms with Crippen LogP contribution in [-0.4, -0.2) is 50.9 Å². The highest BCUT2D eigenvalue weighted by molar-refractivity contribution is 7.89. The smallest absolute Gasteiger partial charge is 0.245 e. The van der Waals surface area contributed by atoms with Gasteiger partial charge in [0.25, 0.3) is 0 Å². The van der Waals surface area contributed by atoms with Gasteiger partial charge in [-0.1, -0.05) is 12.1 Å². The first-order valence-corrected chi connectivity index (χ1v) is 10.2. The van der Waals surface area contributed by atoms with E-state index >= 15 is 0 Å². The van der Waals surface area contributed by atoms with Gasteiger partial charge >= 0.3 is 0 Å². The Hall–Kier alpha value is -1.51. The average Bonchev–Trinajstić information content (AvgIpc) is 2.63. The summed E-state index contributed by atoms with van der Waals surface area (Å²) in [5, 5.41) is 6.31. The number of carbonyl (C=O) groups is 1. The van der Waals surface area contributed by atoms with Crippen LogP contribution in [0.5, 0.6) is 0 Å². The zero-order valence-electron chi connectivity index (χ0n) is 14.1. The van der Waals surface area contributed by atoms with Gasteiger partial charge in [-0.3, -0.25) is 4.79 Å². The van der Waals surface area contributed by atoms with Gasteiger partial charge < -0.3 is 10.6 Å². The van der Waals surface area contributed by atoms with Crippen LogP contribution >= 0.6 is 0 Å². The lowest BCUT2D eigenvalue weighted by molar-refractivity contribution is -0.126. The van der Waals surface area contributed by atoms with E-state index in [0.717, 1.165) is 32.0 Å². The van der Waals surface area contributed by atoms with Gasteiger partial charge in [0, 0.05) is 31.6 Å². The summed E-state index contributed by atoms with van der Waals surface area (Å²) in [6.45, 7) is 2.24. The fourth-order valence-corrected chi connectivity index (χ4v) is 4.98. The highest BCUT2D eigenvalue weighted by atomic mass is 32.2. The van der Waals surface area contributed by atoms with Crippen LogP contribution in [0.25, 0.3) is 0 Å². The molecular formula is C17H24FN3O3S. The summed E-state index contributed by atoms with van der Waals surface area (Å²) in [5.41, 5.74) is 0. The molecule has 2 heterocycles. The second-order valence-electron chi connectivity index (χ2n) is 6.66. The van der Waals surface area contributed by atoms with Crippen LogP contribution in [0.15, 0.2) is 29.2 Å². The third kappa shape index (κ3) is 4.19. The summed E-state index contributed by atoms with van der Waals surface area (Å²) in [5.74, 6) is -0.933. The van der Waals surface area contributed by atoms with E-state index in [2.05, 4.69) is 10.6 Å². The van der Waals surface area contributed by atoms with Crippen LogP contribution < -0.4 is 10.6 Å². The zero-order chi connectivity index (χ0) is 17.9. The van der Waals surface area contributed by atoms with Crippen LogP contribution in [0.4, 0.5) is 4.39 Å². The summed E-state index contributed by atoms with van der Waals surface area (Å²) in [6.07, 6.45) is 2.93. The molecule has 138 valence electrons. The van der Waals surface area contributed by atoms with Gasteiger partial charge in [-0.2, -0.15) is 4.31 Å². The Labute approximate surface area is 147 Å². The highest BCUT2D eigenvalue weighted by Crippen LogP contribution is 2.25. The van der Waals surface area contributed by atoms with Crippen molar-refractivity contribution >= 4 is 15.9 Å². The first-order chi connectivity index (χ1) is 12.0. The molecule has 6 nitrogen and oxygen atoms in total. The molecule has 8 heteroatoms. The molecule has 2 N–H and O–H groups in total. The standard InChI is InChI=1S/C17H24FN3O3S/c18-15-5-1-2-6-16(15)25(23,24)21-10-7-13(8-11-21)17(22)20-14-4-3-9-19-12-14/h1-2,5-6,13-14,19H,3-4,7-12H2,(H,20,22). The minimum Gasteiger partial charge on any atom is -0.352 e. The van der Waals surface area contributed by atoms with Crippen LogP contribution in [0.3, 0.4) is 0 Å². The monoisotopic (exact) mass is 369 g/mol. The van der Waals surface area contributed by atoms with Gasteiger partial charge in [-0.25, -0.2) is 12.8 Å². The molecule has 1 amide bonds. The molecule has 1 aromatic carbocycles. The fourth-order valence-electron chi connectivity index (χ4n) is 3.45. The molecule has 0 aromatic heterocycles. The second kappa shape index (κ2) is 7.80. The molecule has 2 fully saturated rings. The molecule has 2 aliphatic rings. The molecule has 0 spiro atoms. The number of rotatable bonds is 4. The second-order valence-corrected chi connectivity index (χ2v) is 8.57. The zero-order valence-corrected chi connectivity index (χ0v) is 14.9. The van der Waals surface area contributed by atoms with Gasteiger partial charge in [0.1, 0.15) is 10.7 Å². The lowest BCUT2D eigenvalue weighted by Crippen LogP contribution is -2.49. The van der Waals surface area contributed by atoms with Crippen LogP contribution in [-0.2, 0) is 14.8 Å². The number of halogens is 1. The van der Waals surface area contributed by atoms with Crippen molar-refractivity contribution in [1.29, 1.82) is 0 Å². The first-order valence-electron chi connectivity index (χ1n) is 8.74. The minimum atomic E-state index is -3.85. The summed E-state index contributed by atoms with van der Waals surface area (Å²) in [7, 11) is -3.85. The fraction of sp³-hybridized carbons (Fsp3) is 0.588. The highest BCUT2D eigenvalue weighted by Gasteiger charge is 2.33. The van der Waals surface area contributed by atoms with E-state index in [1.54, 1.807) is 0 Å². The molecular weight excluding hydrogens is 345 g/mol. The Morgan fingerprint density at radius 3 is 2.56 bits per heavy atom. The molecule has 0 saturated carbocycles. The van der Waals surface area contributed by atoms with Crippen LogP contribution in [0.1, 0.15) is 25.7 Å². The lowest BCUT2D eigenvalue weighted by atomic mass is 9.96. The Balaban J connectivity index is 1.58. The quantitative estimate of drug-likeness (QED) is 0.833. The molecule has 0 aliphatic carbocycles. The number of nitrogens with one attached hydrogen (secondary N) is 2. The normalized spacial score (nSPS) is 23.3. The van der Waals surface area contributed by atoms with E-state index in [1.165, 1.54) is 22.5 Å². The van der Waals surface area contributed by atoms with Crippen molar-refractivity contribution in [3.63, 3.8) is 0 Å². The van der Waals surface area contributed by atoms with Crippen molar-refractivity contribution in [2.75, 3.05) is 26.2 Å². The van der Waals surface area contributed by atoms with Crippen molar-refractivity contribution in [2.24, 2.45) is 5.92 Å². The SMILES string of the molecule is O=C(NC1CCCNC1)C1CCN(S(=O)(=O)c2ccccc2F)CC1. The lowest BCUT2D eigenvalue weighted by Gasteiger charge is -2.32. The summed E-state index contributed by atoms with van der Waals surface area (Å²) in [6, 6.07) is 5.55. The van der Waals surface area contributed by atoms with Crippen LogP contribution in [0, 0.1) is 11.7 Å². The number of benzene rings is 1. The van der Waals surface area contributed by atoms with Gasteiger partial charge in [0.05, 0.1) is 0 Å². The van der Waals surface area contributed by atoms with Crippen molar-refractivity contribution in [3.05, 3.63) is 30.1 Å². The topological polar surface area (TPSA) is 78.5 Å². The Kier molecular flexibility index (Phi) is 5.71. The Bertz CT molecular complexity index is 712. The predicted octanol–water partition coefficient (Wildman–Crippen LogP) is 1.09. The Morgan fingerprint density at radius 2 is 1.92 bits per heavy atom. The molecule has 1 unspecified atom stereocenters. The van der Waals surface area contributed by atoms with E-state index in [9.17, 15) is 17.6 Å². The molecule has 0 radical (unpaired) electrons. The predicted molar refractivity (Wildman–Crippen MR) is 91.9 cm³/mol. The Morgan fingerprint density at radius 1 is 1.20 bits per heavy atom. The minimum absolute atomic E-state index is 0.00311. The van der Waals surface area contributed by atoms with Crippen molar-refractivity contribution < 1.29 is 17.6 Å². The maximum Gasteiger partial charge on any atom is 0.245 e.